The number of amides is 2. The quantitative estimate of drug-likeness (QED) is 0.414. The van der Waals surface area contributed by atoms with E-state index in [0.717, 1.165) is 35.7 Å². The number of β-lactam (4-membered cyclic amide) rings is 1. The van der Waals surface area contributed by atoms with Crippen LogP contribution in [0.4, 0.5) is 0 Å². The number of thioether (sulfide) groups is 1. The predicted octanol–water partition coefficient (Wildman–Crippen LogP) is -1.44. The Kier molecular flexibility index (Phi) is 6.53. The molecule has 1 saturated carbocycles. The Morgan fingerprint density at radius 1 is 1.21 bits per heavy atom. The van der Waals surface area contributed by atoms with Crippen LogP contribution in [-0.2, 0) is 19.8 Å². The molecule has 2 amide bonds. The number of fused-ring (bicyclic) bond motifs is 1. The van der Waals surface area contributed by atoms with E-state index in [1.54, 1.807) is 13.8 Å². The van der Waals surface area contributed by atoms with Crippen LogP contribution in [0.2, 0.25) is 0 Å². The number of aliphatic carboxylic acids is 1. The molecule has 0 bridgehead atoms. The Hall–Kier alpha value is -0.540. The average molecular weight is 489 g/mol. The van der Waals surface area contributed by atoms with Gasteiger partial charge < -0.3 is 20.1 Å². The van der Waals surface area contributed by atoms with Gasteiger partial charge in [0.15, 0.2) is 0 Å². The number of carboxylic acids is 1. The minimum atomic E-state index is -1.25. The molecule has 1 aromatic rings. The molecule has 150 valence electrons. The summed E-state index contributed by atoms with van der Waals surface area (Å²) < 4.78 is 0.294. The summed E-state index contributed by atoms with van der Waals surface area (Å²) in [7, 11) is 0. The van der Waals surface area contributed by atoms with Crippen molar-refractivity contribution in [2.75, 3.05) is 0 Å². The average Bonchev–Trinajstić information content (AvgIpc) is 3.22. The summed E-state index contributed by atoms with van der Waals surface area (Å²) in [4.78, 5) is 38.9. The van der Waals surface area contributed by atoms with E-state index in [0.29, 0.717) is 0 Å². The van der Waals surface area contributed by atoms with Crippen molar-refractivity contribution in [2.45, 2.75) is 67.2 Å². The molecule has 0 radical (unpaired) electrons. The molecule has 2 aliphatic heterocycles. The van der Waals surface area contributed by atoms with Crippen molar-refractivity contribution < 1.29 is 49.0 Å². The number of nitrogens with one attached hydrogen (secondary N) is 1. The van der Waals surface area contributed by atoms with Crippen molar-refractivity contribution in [3.63, 3.8) is 0 Å². The van der Waals surface area contributed by atoms with Gasteiger partial charge in [0, 0.05) is 9.22 Å². The van der Waals surface area contributed by atoms with E-state index in [-0.39, 0.29) is 46.7 Å². The summed E-state index contributed by atoms with van der Waals surface area (Å²) in [5, 5.41) is 14.1. The maximum absolute atomic E-state index is 13.3. The van der Waals surface area contributed by atoms with Crippen LogP contribution in [-0.4, -0.2) is 44.9 Å². The molecule has 2 heterocycles. The molecule has 3 aliphatic rings. The van der Waals surface area contributed by atoms with Gasteiger partial charge in [0.05, 0.1) is 17.4 Å². The predicted molar refractivity (Wildman–Crippen MR) is 107 cm³/mol. The van der Waals surface area contributed by atoms with E-state index < -0.39 is 28.2 Å². The maximum Gasteiger partial charge on any atom is 1.00 e. The zero-order chi connectivity index (χ0) is 20.3. The third kappa shape index (κ3) is 3.69. The van der Waals surface area contributed by atoms with Crippen LogP contribution in [0.15, 0.2) is 28.7 Å². The molecule has 9 heteroatoms. The minimum absolute atomic E-state index is 0. The fourth-order valence-corrected chi connectivity index (χ4v) is 6.69. The number of halogens is 1. The van der Waals surface area contributed by atoms with E-state index in [1.807, 2.05) is 24.3 Å². The zero-order valence-corrected chi connectivity index (χ0v) is 21.1. The van der Waals surface area contributed by atoms with Gasteiger partial charge in [-0.2, -0.15) is 0 Å². The van der Waals surface area contributed by atoms with Crippen molar-refractivity contribution in [2.24, 2.45) is 0 Å². The molecular weight excluding hydrogens is 467 g/mol. The van der Waals surface area contributed by atoms with E-state index in [9.17, 15) is 19.5 Å². The fourth-order valence-electron chi connectivity index (χ4n) is 4.80. The summed E-state index contributed by atoms with van der Waals surface area (Å²) in [6.07, 6.45) is 3.42. The number of nitrogens with zero attached hydrogens (tertiary/aromatic N) is 1. The van der Waals surface area contributed by atoms with Gasteiger partial charge in [0.2, 0.25) is 11.8 Å². The molecule has 1 aromatic carbocycles. The summed E-state index contributed by atoms with van der Waals surface area (Å²) >= 11 is 4.84. The first kappa shape index (κ1) is 23.1. The minimum Gasteiger partial charge on any atom is -0.548 e. The SMILES string of the molecule is CC1(C)S[C@@H]2[C@H](NC(=O)C3(c4ccc(Br)cc4)CCCC3)C(=O)N2[C@H]1C(=O)[O-].[Na+]. The largest absolute Gasteiger partial charge is 1.00 e. The van der Waals surface area contributed by atoms with Gasteiger partial charge >= 0.3 is 29.6 Å². The Morgan fingerprint density at radius 2 is 1.79 bits per heavy atom. The fraction of sp³-hybridized carbons (Fsp3) is 0.550. The summed E-state index contributed by atoms with van der Waals surface area (Å²) in [6, 6.07) is 6.12. The third-order valence-electron chi connectivity index (χ3n) is 6.24. The molecule has 4 rings (SSSR count). The molecule has 1 aliphatic carbocycles. The first-order valence-electron chi connectivity index (χ1n) is 9.45. The monoisotopic (exact) mass is 488 g/mol. The third-order valence-corrected chi connectivity index (χ3v) is 8.34. The summed E-state index contributed by atoms with van der Waals surface area (Å²) in [6.45, 7) is 3.59. The van der Waals surface area contributed by atoms with E-state index in [4.69, 9.17) is 0 Å². The number of hydrogen-bond acceptors (Lipinski definition) is 5. The van der Waals surface area contributed by atoms with E-state index in [2.05, 4.69) is 21.2 Å². The van der Waals surface area contributed by atoms with Crippen LogP contribution in [0.5, 0.6) is 0 Å². The zero-order valence-electron chi connectivity index (χ0n) is 16.7. The van der Waals surface area contributed by atoms with Crippen LogP contribution < -0.4 is 40.0 Å². The van der Waals surface area contributed by atoms with Gasteiger partial charge in [0.1, 0.15) is 11.4 Å². The second-order valence-electron chi connectivity index (χ2n) is 8.33. The number of carbonyl (C=O) groups excluding carboxylic acids is 3. The van der Waals surface area contributed by atoms with Gasteiger partial charge in [-0.05, 0) is 44.4 Å². The van der Waals surface area contributed by atoms with Crippen molar-refractivity contribution in [3.8, 4) is 0 Å². The molecule has 0 spiro atoms. The standard InChI is InChI=1S/C20H23BrN2O4S.Na/c1-19(2)14(17(25)26)23-15(24)13(16(23)28-19)22-18(27)20(9-3-4-10-20)11-5-7-12(21)8-6-11;/h5-8,13-14,16H,3-4,9-10H2,1-2H3,(H,22,27)(H,25,26);/q;+1/p-1/t13-,14+,16-;/m1./s1. The van der Waals surface area contributed by atoms with Gasteiger partial charge in [0.25, 0.3) is 0 Å². The Balaban J connectivity index is 0.00000240. The maximum atomic E-state index is 13.3. The second-order valence-corrected chi connectivity index (χ2v) is 11.0. The second kappa shape index (κ2) is 8.19. The summed E-state index contributed by atoms with van der Waals surface area (Å²) in [5.74, 6) is -1.73. The van der Waals surface area contributed by atoms with Gasteiger partial charge in [-0.15, -0.1) is 11.8 Å². The van der Waals surface area contributed by atoms with Crippen LogP contribution >= 0.6 is 27.7 Å². The van der Waals surface area contributed by atoms with Crippen LogP contribution in [0.25, 0.3) is 0 Å². The normalized spacial score (nSPS) is 28.9. The topological polar surface area (TPSA) is 89.5 Å². The molecule has 1 N–H and O–H groups in total. The van der Waals surface area contributed by atoms with E-state index in [1.165, 1.54) is 16.7 Å². The molecule has 0 aromatic heterocycles. The molecule has 29 heavy (non-hydrogen) atoms. The van der Waals surface area contributed by atoms with Crippen LogP contribution in [0, 0.1) is 0 Å². The summed E-state index contributed by atoms with van der Waals surface area (Å²) in [5.41, 5.74) is 0.329. The first-order chi connectivity index (χ1) is 13.2. The molecule has 3 fully saturated rings. The van der Waals surface area contributed by atoms with E-state index >= 15 is 0 Å². The molecule has 0 unspecified atom stereocenters. The Morgan fingerprint density at radius 3 is 2.34 bits per heavy atom. The molecule has 2 saturated heterocycles. The van der Waals surface area contributed by atoms with Gasteiger partial charge in [-0.3, -0.25) is 9.59 Å². The van der Waals surface area contributed by atoms with Crippen molar-refractivity contribution in [3.05, 3.63) is 34.3 Å². The number of benzene rings is 1. The first-order valence-corrected chi connectivity index (χ1v) is 11.1. The van der Waals surface area contributed by atoms with Crippen LogP contribution in [0.1, 0.15) is 45.1 Å². The molecule has 6 nitrogen and oxygen atoms in total. The van der Waals surface area contributed by atoms with Gasteiger partial charge in [-0.25, -0.2) is 0 Å². The van der Waals surface area contributed by atoms with Crippen molar-refractivity contribution in [1.82, 2.24) is 10.2 Å². The Labute approximate surface area is 205 Å². The number of carboxylic acid groups (broad SMARTS) is 1. The number of rotatable bonds is 4. The smallest absolute Gasteiger partial charge is 0.548 e. The Bertz CT molecular complexity index is 841. The van der Waals surface area contributed by atoms with Gasteiger partial charge in [-0.1, -0.05) is 40.9 Å². The molecular formula is C20H22BrN2NaO4S. The van der Waals surface area contributed by atoms with Crippen molar-refractivity contribution in [1.29, 1.82) is 0 Å². The number of carbonyl (C=O) groups is 3. The number of hydrogen-bond donors (Lipinski definition) is 1. The van der Waals surface area contributed by atoms with Crippen molar-refractivity contribution >= 4 is 45.5 Å². The van der Waals surface area contributed by atoms with Crippen LogP contribution in [0.3, 0.4) is 0 Å². The molecule has 3 atom stereocenters.